The van der Waals surface area contributed by atoms with Crippen molar-refractivity contribution < 1.29 is 9.53 Å². The molecule has 31 heavy (non-hydrogen) atoms. The van der Waals surface area contributed by atoms with Gasteiger partial charge in [-0.05, 0) is 39.4 Å². The third kappa shape index (κ3) is 3.34. The molecule has 164 valence electrons. The Hall–Kier alpha value is -2.71. The average Bonchev–Trinajstić information content (AvgIpc) is 3.10. The molecule has 1 aliphatic carbocycles. The van der Waals surface area contributed by atoms with Gasteiger partial charge in [-0.15, -0.1) is 0 Å². The first-order valence-corrected chi connectivity index (χ1v) is 10.9. The number of aryl methyl sites for hydroxylation is 1. The van der Waals surface area contributed by atoms with E-state index >= 15 is 0 Å². The molecule has 1 aromatic heterocycles. The molecular formula is C23H30N6O2. The quantitative estimate of drug-likeness (QED) is 0.814. The summed E-state index contributed by atoms with van der Waals surface area (Å²) in [4.78, 5) is 28.4. The molecule has 1 aromatic carbocycles. The van der Waals surface area contributed by atoms with Gasteiger partial charge in [0, 0.05) is 13.1 Å². The van der Waals surface area contributed by atoms with Gasteiger partial charge in [0.25, 0.3) is 0 Å². The van der Waals surface area contributed by atoms with E-state index in [2.05, 4.69) is 58.5 Å². The van der Waals surface area contributed by atoms with Gasteiger partial charge >= 0.3 is 6.03 Å². The van der Waals surface area contributed by atoms with Crippen molar-refractivity contribution >= 4 is 17.7 Å². The molecule has 2 amide bonds. The summed E-state index contributed by atoms with van der Waals surface area (Å²) in [5, 5.41) is 3.28. The number of carbonyl (C=O) groups excluding carboxylic acids is 1. The molecule has 8 heteroatoms. The van der Waals surface area contributed by atoms with Gasteiger partial charge in [-0.25, -0.2) is 14.8 Å². The Balaban J connectivity index is 1.35. The zero-order chi connectivity index (χ0) is 21.6. The zero-order valence-electron chi connectivity index (χ0n) is 18.5. The van der Waals surface area contributed by atoms with E-state index in [0.717, 1.165) is 37.3 Å². The predicted molar refractivity (Wildman–Crippen MR) is 119 cm³/mol. The number of morpholine rings is 1. The molecule has 5 rings (SSSR count). The van der Waals surface area contributed by atoms with E-state index in [9.17, 15) is 4.79 Å². The zero-order valence-corrected chi connectivity index (χ0v) is 18.5. The van der Waals surface area contributed by atoms with Crippen LogP contribution in [0.4, 0.5) is 16.4 Å². The normalized spacial score (nSPS) is 28.2. The van der Waals surface area contributed by atoms with Crippen molar-refractivity contribution in [2.45, 2.75) is 30.8 Å². The van der Waals surface area contributed by atoms with Crippen LogP contribution in [-0.4, -0.2) is 73.4 Å². The van der Waals surface area contributed by atoms with Crippen LogP contribution < -0.4 is 15.1 Å². The summed E-state index contributed by atoms with van der Waals surface area (Å²) in [6.07, 6.45) is 3.55. The molecule has 0 radical (unpaired) electrons. The van der Waals surface area contributed by atoms with Crippen LogP contribution in [0, 0.1) is 6.92 Å². The van der Waals surface area contributed by atoms with Crippen molar-refractivity contribution in [3.63, 3.8) is 0 Å². The van der Waals surface area contributed by atoms with Gasteiger partial charge in [0.15, 0.2) is 0 Å². The number of benzene rings is 1. The lowest BCUT2D eigenvalue weighted by molar-refractivity contribution is -0.0169. The molecule has 3 heterocycles. The molecule has 0 bridgehead atoms. The van der Waals surface area contributed by atoms with Crippen LogP contribution in [0.3, 0.4) is 0 Å². The number of aromatic nitrogens is 2. The van der Waals surface area contributed by atoms with Gasteiger partial charge in [-0.2, -0.15) is 0 Å². The van der Waals surface area contributed by atoms with Crippen molar-refractivity contribution in [1.82, 2.24) is 20.2 Å². The molecule has 8 nitrogen and oxygen atoms in total. The van der Waals surface area contributed by atoms with Crippen molar-refractivity contribution in [2.24, 2.45) is 0 Å². The summed E-state index contributed by atoms with van der Waals surface area (Å²) in [5.41, 5.74) is 2.62. The van der Waals surface area contributed by atoms with Crippen LogP contribution in [0.15, 0.2) is 36.5 Å². The number of urea groups is 1. The highest BCUT2D eigenvalue weighted by Crippen LogP contribution is 2.53. The molecule has 3 fully saturated rings. The largest absolute Gasteiger partial charge is 0.378 e. The second kappa shape index (κ2) is 7.46. The SMILES string of the molecule is Cc1nc(N2CCOCC2)ncc1N1CC2(CC(c3ccccc3)(N(C)C)C2)NC1=O. The van der Waals surface area contributed by atoms with Gasteiger partial charge < -0.3 is 15.0 Å². The lowest BCUT2D eigenvalue weighted by atomic mass is 9.59. The van der Waals surface area contributed by atoms with Crippen LogP contribution in [0.2, 0.25) is 0 Å². The second-order valence-corrected chi connectivity index (χ2v) is 9.18. The minimum Gasteiger partial charge on any atom is -0.378 e. The van der Waals surface area contributed by atoms with Crippen LogP contribution >= 0.6 is 0 Å². The Morgan fingerprint density at radius 1 is 1.13 bits per heavy atom. The van der Waals surface area contributed by atoms with Crippen molar-refractivity contribution in [3.05, 3.63) is 47.8 Å². The smallest absolute Gasteiger partial charge is 0.322 e. The summed E-state index contributed by atoms with van der Waals surface area (Å²) in [7, 11) is 4.24. The van der Waals surface area contributed by atoms with E-state index < -0.39 is 0 Å². The average molecular weight is 423 g/mol. The number of anilines is 2. The first-order valence-electron chi connectivity index (χ1n) is 10.9. The number of hydrogen-bond acceptors (Lipinski definition) is 6. The molecule has 1 spiro atoms. The minimum absolute atomic E-state index is 0.0592. The number of nitrogens with zero attached hydrogens (tertiary/aromatic N) is 5. The number of ether oxygens (including phenoxy) is 1. The fourth-order valence-corrected chi connectivity index (χ4v) is 5.33. The maximum absolute atomic E-state index is 13.0. The Morgan fingerprint density at radius 2 is 1.84 bits per heavy atom. The van der Waals surface area contributed by atoms with E-state index in [0.29, 0.717) is 25.7 Å². The second-order valence-electron chi connectivity index (χ2n) is 9.18. The molecule has 3 aliphatic rings. The van der Waals surface area contributed by atoms with Gasteiger partial charge in [-0.1, -0.05) is 30.3 Å². The number of rotatable bonds is 4. The van der Waals surface area contributed by atoms with Gasteiger partial charge in [0.1, 0.15) is 0 Å². The molecule has 1 saturated carbocycles. The monoisotopic (exact) mass is 422 g/mol. The first kappa shape index (κ1) is 20.2. The third-order valence-electron chi connectivity index (χ3n) is 7.03. The summed E-state index contributed by atoms with van der Waals surface area (Å²) in [5.74, 6) is 0.707. The standard InChI is InChI=1S/C23H30N6O2/c1-17-19(13-24-20(25-17)28-9-11-31-12-10-28)29-16-22(26-21(29)30)14-23(15-22,27(2)3)18-7-5-4-6-8-18/h4-8,13H,9-12,14-16H2,1-3H3,(H,26,30). The molecule has 0 unspecified atom stereocenters. The van der Waals surface area contributed by atoms with Crippen molar-refractivity contribution in [2.75, 3.05) is 56.7 Å². The summed E-state index contributed by atoms with van der Waals surface area (Å²) >= 11 is 0. The van der Waals surface area contributed by atoms with E-state index in [4.69, 9.17) is 9.72 Å². The Morgan fingerprint density at radius 3 is 2.48 bits per heavy atom. The summed E-state index contributed by atoms with van der Waals surface area (Å²) in [6.45, 7) is 5.55. The maximum atomic E-state index is 13.0. The molecule has 2 saturated heterocycles. The fraction of sp³-hybridized carbons (Fsp3) is 0.522. The Labute approximate surface area is 183 Å². The lowest BCUT2D eigenvalue weighted by Gasteiger charge is -2.57. The van der Waals surface area contributed by atoms with Crippen LogP contribution in [0.25, 0.3) is 0 Å². The molecule has 0 atom stereocenters. The van der Waals surface area contributed by atoms with E-state index in [1.807, 2.05) is 17.9 Å². The number of hydrogen-bond donors (Lipinski definition) is 1. The fourth-order valence-electron chi connectivity index (χ4n) is 5.33. The molecular weight excluding hydrogens is 392 g/mol. The number of nitrogens with one attached hydrogen (secondary N) is 1. The van der Waals surface area contributed by atoms with Crippen LogP contribution in [0.5, 0.6) is 0 Å². The minimum atomic E-state index is -0.230. The van der Waals surface area contributed by atoms with Crippen LogP contribution in [0.1, 0.15) is 24.1 Å². The van der Waals surface area contributed by atoms with Gasteiger partial charge in [0.05, 0.1) is 48.4 Å². The number of carbonyl (C=O) groups is 1. The highest BCUT2D eigenvalue weighted by atomic mass is 16.5. The van der Waals surface area contributed by atoms with E-state index in [1.54, 1.807) is 6.20 Å². The number of amides is 2. The van der Waals surface area contributed by atoms with Gasteiger partial charge in [0.2, 0.25) is 5.95 Å². The van der Waals surface area contributed by atoms with Crippen LogP contribution in [-0.2, 0) is 10.3 Å². The summed E-state index contributed by atoms with van der Waals surface area (Å²) < 4.78 is 5.42. The predicted octanol–water partition coefficient (Wildman–Crippen LogP) is 2.14. The van der Waals surface area contributed by atoms with E-state index in [1.165, 1.54) is 5.56 Å². The third-order valence-corrected chi connectivity index (χ3v) is 7.03. The molecule has 2 aliphatic heterocycles. The lowest BCUT2D eigenvalue weighted by Crippen LogP contribution is -2.66. The summed E-state index contributed by atoms with van der Waals surface area (Å²) in [6, 6.07) is 10.5. The maximum Gasteiger partial charge on any atom is 0.322 e. The van der Waals surface area contributed by atoms with Gasteiger partial charge in [-0.3, -0.25) is 9.80 Å². The Kier molecular flexibility index (Phi) is 4.86. The van der Waals surface area contributed by atoms with Crippen molar-refractivity contribution in [1.29, 1.82) is 0 Å². The molecule has 2 aromatic rings. The topological polar surface area (TPSA) is 73.8 Å². The van der Waals surface area contributed by atoms with Crippen molar-refractivity contribution in [3.8, 4) is 0 Å². The highest BCUT2D eigenvalue weighted by molar-refractivity contribution is 5.96. The highest BCUT2D eigenvalue weighted by Gasteiger charge is 2.61. The Bertz CT molecular complexity index is 967. The van der Waals surface area contributed by atoms with E-state index in [-0.39, 0.29) is 17.1 Å². The molecule has 1 N–H and O–H groups in total. The first-order chi connectivity index (χ1) is 14.9.